The van der Waals surface area contributed by atoms with E-state index in [1.807, 2.05) is 20.8 Å². The van der Waals surface area contributed by atoms with E-state index in [0.29, 0.717) is 63.1 Å². The number of hydrogen-bond acceptors (Lipinski definition) is 13. The molecular weight excluding hydrogens is 705 g/mol. The number of rotatable bonds is 27. The first-order valence-electron chi connectivity index (χ1n) is 19.4. The highest BCUT2D eigenvalue weighted by Crippen LogP contribution is 2.26. The number of carboxylic acids is 2. The van der Waals surface area contributed by atoms with Crippen LogP contribution in [0.4, 0.5) is 5.82 Å². The molecule has 2 atom stereocenters. The van der Waals surface area contributed by atoms with Crippen LogP contribution in [-0.2, 0) is 33.4 Å². The third-order valence-electron chi connectivity index (χ3n) is 8.29. The summed E-state index contributed by atoms with van der Waals surface area (Å²) in [6.07, 6.45) is 18.9. The molecule has 53 heavy (non-hydrogen) atoms. The third kappa shape index (κ3) is 26.2. The minimum atomic E-state index is -1.26. The molecule has 0 spiro atoms. The summed E-state index contributed by atoms with van der Waals surface area (Å²) >= 11 is 1.08. The van der Waals surface area contributed by atoms with Crippen molar-refractivity contribution in [3.8, 4) is 5.88 Å². The molecular formula is C38H66N4O10S. The summed E-state index contributed by atoms with van der Waals surface area (Å²) in [4.78, 5) is 46.5. The van der Waals surface area contributed by atoms with Crippen LogP contribution in [0, 0.1) is 0 Å². The van der Waals surface area contributed by atoms with Crippen LogP contribution in [0.25, 0.3) is 0 Å². The first-order chi connectivity index (χ1) is 25.3. The van der Waals surface area contributed by atoms with E-state index < -0.39 is 30.1 Å². The Hall–Kier alpha value is -3.30. The zero-order chi connectivity index (χ0) is 39.3. The number of carbonyl (C=O) groups is 4. The van der Waals surface area contributed by atoms with Gasteiger partial charge in [-0.15, -0.1) is 4.37 Å². The Labute approximate surface area is 320 Å². The second kappa shape index (κ2) is 29.1. The fraction of sp³-hybridized carbons (Fsp3) is 0.789. The summed E-state index contributed by atoms with van der Waals surface area (Å²) in [5, 5.41) is 19.0. The number of esters is 2. The summed E-state index contributed by atoms with van der Waals surface area (Å²) in [5.41, 5.74) is -0.183. The molecule has 14 nitrogen and oxygen atoms in total. The first kappa shape index (κ1) is 47.7. The van der Waals surface area contributed by atoms with Gasteiger partial charge in [-0.25, -0.2) is 14.4 Å². The highest BCUT2D eigenvalue weighted by Gasteiger charge is 2.26. The molecule has 0 bridgehead atoms. The van der Waals surface area contributed by atoms with Crippen molar-refractivity contribution in [2.45, 2.75) is 155 Å². The summed E-state index contributed by atoms with van der Waals surface area (Å²) in [6, 6.07) is 0. The van der Waals surface area contributed by atoms with Gasteiger partial charge in [0.15, 0.2) is 6.10 Å². The van der Waals surface area contributed by atoms with E-state index in [2.05, 4.69) is 25.9 Å². The minimum absolute atomic E-state index is 0.0946. The van der Waals surface area contributed by atoms with Crippen LogP contribution < -0.4 is 15.0 Å². The molecule has 1 aromatic heterocycles. The van der Waals surface area contributed by atoms with Gasteiger partial charge in [0.05, 0.1) is 24.9 Å². The highest BCUT2D eigenvalue weighted by atomic mass is 32.1. The lowest BCUT2D eigenvalue weighted by molar-refractivity contribution is -0.171. The van der Waals surface area contributed by atoms with Gasteiger partial charge < -0.3 is 39.4 Å². The van der Waals surface area contributed by atoms with Crippen LogP contribution in [0.1, 0.15) is 137 Å². The Morgan fingerprint density at radius 1 is 0.830 bits per heavy atom. The Balaban J connectivity index is 0.00000156. The van der Waals surface area contributed by atoms with Gasteiger partial charge >= 0.3 is 23.9 Å². The lowest BCUT2D eigenvalue weighted by Crippen LogP contribution is -2.45. The van der Waals surface area contributed by atoms with Gasteiger partial charge in [0.2, 0.25) is 5.82 Å². The number of unbranched alkanes of at least 4 members (excludes halogenated alkanes) is 14. The molecule has 1 aliphatic heterocycles. The van der Waals surface area contributed by atoms with Gasteiger partial charge in [0, 0.05) is 43.7 Å². The Morgan fingerprint density at radius 2 is 1.34 bits per heavy atom. The lowest BCUT2D eigenvalue weighted by Gasteiger charge is -2.28. The molecule has 0 aliphatic carbocycles. The monoisotopic (exact) mass is 770 g/mol. The number of nitrogens with zero attached hydrogens (tertiary/aromatic N) is 3. The number of morpholine rings is 1. The molecule has 3 N–H and O–H groups in total. The van der Waals surface area contributed by atoms with E-state index in [0.717, 1.165) is 31.0 Å². The quantitative estimate of drug-likeness (QED) is 0.0473. The zero-order valence-corrected chi connectivity index (χ0v) is 33.6. The first-order valence-corrected chi connectivity index (χ1v) is 20.1. The largest absolute Gasteiger partial charge is 0.478 e. The van der Waals surface area contributed by atoms with Gasteiger partial charge in [-0.05, 0) is 34.1 Å². The van der Waals surface area contributed by atoms with Crippen LogP contribution >= 0.6 is 11.7 Å². The molecule has 0 aromatic carbocycles. The maximum absolute atomic E-state index is 12.9. The van der Waals surface area contributed by atoms with Crippen LogP contribution in [0.5, 0.6) is 5.88 Å². The second-order valence-electron chi connectivity index (χ2n) is 14.3. The molecule has 0 radical (unpaired) electrons. The standard InChI is InChI=1S/C34H62N4O6S.C4H4O4/c1-6-7-8-9-10-11-12-13-14-15-16-17-18-19-20-21-30(39)43-28(2)33(40)44-29(26-35-34(3,4)5)27-42-32-31(36-45-37-32)38-22-24-41-25-23-38;5-3(6)1-2-4(7)8/h28-29,35H,6-27H2,1-5H3;1-2H,(H,5,6)(H,7,8)/b;2-1-/t28-,29+;/m1./s1. The number of aliphatic carboxylic acids is 2. The molecule has 0 saturated carbocycles. The molecule has 0 amide bonds. The van der Waals surface area contributed by atoms with E-state index >= 15 is 0 Å². The number of carboxylic acid groups (broad SMARTS) is 2. The van der Waals surface area contributed by atoms with Crippen molar-refractivity contribution in [1.82, 2.24) is 14.1 Å². The van der Waals surface area contributed by atoms with Crippen LogP contribution in [0.15, 0.2) is 12.2 Å². The van der Waals surface area contributed by atoms with Crippen molar-refractivity contribution in [2.24, 2.45) is 0 Å². The number of hydrogen-bond donors (Lipinski definition) is 3. The van der Waals surface area contributed by atoms with Crippen molar-refractivity contribution >= 4 is 41.4 Å². The molecule has 1 aliphatic rings. The molecule has 0 unspecified atom stereocenters. The topological polar surface area (TPSA) is 187 Å². The average molecular weight is 771 g/mol. The molecule has 2 heterocycles. The van der Waals surface area contributed by atoms with Crippen molar-refractivity contribution in [3.63, 3.8) is 0 Å². The molecule has 15 heteroatoms. The molecule has 1 aromatic rings. The van der Waals surface area contributed by atoms with E-state index in [4.69, 9.17) is 29.2 Å². The predicted molar refractivity (Wildman–Crippen MR) is 206 cm³/mol. The Morgan fingerprint density at radius 3 is 1.83 bits per heavy atom. The normalized spacial score (nSPS) is 14.2. The van der Waals surface area contributed by atoms with Crippen LogP contribution in [0.2, 0.25) is 0 Å². The second-order valence-corrected chi connectivity index (χ2v) is 14.9. The Bertz CT molecular complexity index is 1170. The van der Waals surface area contributed by atoms with E-state index in [1.54, 1.807) is 6.92 Å². The summed E-state index contributed by atoms with van der Waals surface area (Å²) in [6.45, 7) is 13.1. The Kier molecular flexibility index (Phi) is 26.2. The van der Waals surface area contributed by atoms with Gasteiger partial charge in [-0.2, -0.15) is 4.37 Å². The van der Waals surface area contributed by atoms with Crippen molar-refractivity contribution in [3.05, 3.63) is 12.2 Å². The number of ether oxygens (including phenoxy) is 4. The fourth-order valence-electron chi connectivity index (χ4n) is 5.31. The van der Waals surface area contributed by atoms with E-state index in [9.17, 15) is 19.2 Å². The van der Waals surface area contributed by atoms with Gasteiger partial charge in [0.1, 0.15) is 12.7 Å². The SMILES string of the molecule is CCCCCCCCCCCCCCCCCC(=O)O[C@H](C)C(=O)O[C@@H](CNC(C)(C)C)COc1nsnc1N1CCOCC1.O=C(O)/C=C\C(=O)O. The van der Waals surface area contributed by atoms with Crippen LogP contribution in [0.3, 0.4) is 0 Å². The number of aromatic nitrogens is 2. The van der Waals surface area contributed by atoms with Gasteiger partial charge in [-0.1, -0.05) is 96.8 Å². The van der Waals surface area contributed by atoms with E-state index in [1.165, 1.54) is 77.0 Å². The average Bonchev–Trinajstić information content (AvgIpc) is 3.59. The smallest absolute Gasteiger partial charge is 0.347 e. The fourth-order valence-corrected chi connectivity index (χ4v) is 5.83. The van der Waals surface area contributed by atoms with Gasteiger partial charge in [0.25, 0.3) is 5.88 Å². The summed E-state index contributed by atoms with van der Waals surface area (Å²) in [7, 11) is 0. The minimum Gasteiger partial charge on any atom is -0.478 e. The van der Waals surface area contributed by atoms with E-state index in [-0.39, 0.29) is 18.1 Å². The maximum atomic E-state index is 12.9. The molecule has 2 rings (SSSR count). The molecule has 304 valence electrons. The van der Waals surface area contributed by atoms with Crippen molar-refractivity contribution in [2.75, 3.05) is 44.4 Å². The van der Waals surface area contributed by atoms with Crippen molar-refractivity contribution < 1.29 is 48.3 Å². The summed E-state index contributed by atoms with van der Waals surface area (Å²) in [5.74, 6) is -2.37. The van der Waals surface area contributed by atoms with Crippen molar-refractivity contribution in [1.29, 1.82) is 0 Å². The number of carbonyl (C=O) groups excluding carboxylic acids is 2. The van der Waals surface area contributed by atoms with Gasteiger partial charge in [-0.3, -0.25) is 4.79 Å². The molecule has 1 fully saturated rings. The zero-order valence-electron chi connectivity index (χ0n) is 32.8. The third-order valence-corrected chi connectivity index (χ3v) is 8.80. The highest BCUT2D eigenvalue weighted by molar-refractivity contribution is 6.99. The number of nitrogens with one attached hydrogen (secondary N) is 1. The maximum Gasteiger partial charge on any atom is 0.347 e. The summed E-state index contributed by atoms with van der Waals surface area (Å²) < 4.78 is 31.3. The molecule has 1 saturated heterocycles. The van der Waals surface area contributed by atoms with Crippen LogP contribution in [-0.4, -0.2) is 100 Å². The number of anilines is 1. The lowest BCUT2D eigenvalue weighted by atomic mass is 10.0. The predicted octanol–water partition coefficient (Wildman–Crippen LogP) is 6.96.